The molecular weight excluding hydrogens is 393 g/mol. The smallest absolute Gasteiger partial charge is 0.353 e. The summed E-state index contributed by atoms with van der Waals surface area (Å²) in [6.45, 7) is 2.64. The Morgan fingerprint density at radius 2 is 1.67 bits per heavy atom. The van der Waals surface area contributed by atoms with E-state index < -0.39 is 17.6 Å². The van der Waals surface area contributed by atoms with Crippen LogP contribution in [0.2, 0.25) is 0 Å². The minimum atomic E-state index is -4.57. The average Bonchev–Trinajstić information content (AvgIpc) is 2.73. The van der Waals surface area contributed by atoms with Crippen LogP contribution >= 0.6 is 0 Å². The lowest BCUT2D eigenvalue weighted by Crippen LogP contribution is -2.46. The van der Waals surface area contributed by atoms with Crippen molar-refractivity contribution >= 4 is 11.8 Å². The third-order valence-corrected chi connectivity index (χ3v) is 5.37. The van der Waals surface area contributed by atoms with E-state index in [4.69, 9.17) is 0 Å². The third kappa shape index (κ3) is 5.62. The van der Waals surface area contributed by atoms with Gasteiger partial charge >= 0.3 is 6.18 Å². The van der Waals surface area contributed by atoms with Crippen molar-refractivity contribution in [2.75, 3.05) is 13.1 Å². The van der Waals surface area contributed by atoms with Gasteiger partial charge in [0.25, 0.3) is 5.91 Å². The number of aryl methyl sites for hydroxylation is 2. The van der Waals surface area contributed by atoms with Crippen LogP contribution in [0.25, 0.3) is 0 Å². The Morgan fingerprint density at radius 1 is 1.03 bits per heavy atom. The molecule has 1 saturated heterocycles. The molecule has 1 N–H and O–H groups in total. The van der Waals surface area contributed by atoms with E-state index in [9.17, 15) is 22.8 Å². The molecule has 160 valence electrons. The summed E-state index contributed by atoms with van der Waals surface area (Å²) in [5.74, 6) is -0.671. The Morgan fingerprint density at radius 3 is 2.30 bits per heavy atom. The van der Waals surface area contributed by atoms with Crippen molar-refractivity contribution in [3.8, 4) is 0 Å². The summed E-state index contributed by atoms with van der Waals surface area (Å²) in [5.41, 5.74) is 1.02. The summed E-state index contributed by atoms with van der Waals surface area (Å²) in [6, 6.07) is 12.8. The van der Waals surface area contributed by atoms with Crippen LogP contribution in [0.1, 0.15) is 46.3 Å². The molecule has 0 saturated carbocycles. The minimum absolute atomic E-state index is 0.0530. The van der Waals surface area contributed by atoms with Crippen molar-refractivity contribution in [1.29, 1.82) is 0 Å². The van der Waals surface area contributed by atoms with E-state index in [1.54, 1.807) is 0 Å². The summed E-state index contributed by atoms with van der Waals surface area (Å²) in [7, 11) is 0. The molecule has 7 heteroatoms. The van der Waals surface area contributed by atoms with E-state index in [1.165, 1.54) is 28.7 Å². The fourth-order valence-corrected chi connectivity index (χ4v) is 3.63. The summed E-state index contributed by atoms with van der Waals surface area (Å²) in [6.07, 6.45) is -2.50. The fourth-order valence-electron chi connectivity index (χ4n) is 3.63. The highest BCUT2D eigenvalue weighted by Crippen LogP contribution is 2.32. The predicted octanol–water partition coefficient (Wildman–Crippen LogP) is 4.37. The molecule has 0 aliphatic carbocycles. The van der Waals surface area contributed by atoms with Crippen molar-refractivity contribution in [2.24, 2.45) is 0 Å². The molecular formula is C23H25F3N2O2. The number of likely N-dealkylation sites (tertiary alicyclic amines) is 1. The van der Waals surface area contributed by atoms with E-state index in [-0.39, 0.29) is 17.5 Å². The molecule has 1 aliphatic heterocycles. The number of hydrogen-bond donors (Lipinski definition) is 1. The van der Waals surface area contributed by atoms with Gasteiger partial charge < -0.3 is 10.2 Å². The minimum Gasteiger partial charge on any atom is -0.353 e. The Kier molecular flexibility index (Phi) is 6.80. The van der Waals surface area contributed by atoms with E-state index in [0.29, 0.717) is 38.8 Å². The normalized spacial score (nSPS) is 15.1. The molecule has 0 unspecified atom stereocenters. The van der Waals surface area contributed by atoms with Gasteiger partial charge in [0.15, 0.2) is 0 Å². The summed E-state index contributed by atoms with van der Waals surface area (Å²) < 4.78 is 39.5. The second-order valence-corrected chi connectivity index (χ2v) is 7.66. The van der Waals surface area contributed by atoms with Crippen molar-refractivity contribution < 1.29 is 22.8 Å². The topological polar surface area (TPSA) is 49.4 Å². The molecule has 1 fully saturated rings. The van der Waals surface area contributed by atoms with Crippen molar-refractivity contribution in [1.82, 2.24) is 10.2 Å². The first-order valence-electron chi connectivity index (χ1n) is 10.0. The zero-order valence-corrected chi connectivity index (χ0v) is 16.8. The van der Waals surface area contributed by atoms with Gasteiger partial charge in [-0.2, -0.15) is 13.2 Å². The number of alkyl halides is 3. The van der Waals surface area contributed by atoms with Crippen LogP contribution in [0.5, 0.6) is 0 Å². The molecule has 2 aromatic carbocycles. The van der Waals surface area contributed by atoms with E-state index in [2.05, 4.69) is 5.32 Å². The standard InChI is InChI=1S/C23H25F3N2O2/c1-16-6-8-17(9-7-16)10-11-21(29)27-18-12-14-28(15-13-18)22(30)19-4-2-3-5-20(19)23(24,25)26/h2-9,18H,10-15H2,1H3,(H,27,29). The monoisotopic (exact) mass is 418 g/mol. The molecule has 1 aliphatic rings. The number of benzene rings is 2. The summed E-state index contributed by atoms with van der Waals surface area (Å²) >= 11 is 0. The molecule has 0 spiro atoms. The Bertz CT molecular complexity index is 886. The first-order valence-corrected chi connectivity index (χ1v) is 10.0. The van der Waals surface area contributed by atoms with Crippen LogP contribution in [-0.2, 0) is 17.4 Å². The quantitative estimate of drug-likeness (QED) is 0.784. The van der Waals surface area contributed by atoms with Gasteiger partial charge in [-0.1, -0.05) is 42.0 Å². The predicted molar refractivity (Wildman–Crippen MR) is 108 cm³/mol. The Hall–Kier alpha value is -2.83. The van der Waals surface area contributed by atoms with E-state index in [0.717, 1.165) is 11.6 Å². The Labute approximate surface area is 174 Å². The second-order valence-electron chi connectivity index (χ2n) is 7.66. The van der Waals surface area contributed by atoms with Crippen LogP contribution < -0.4 is 5.32 Å². The van der Waals surface area contributed by atoms with Crippen molar-refractivity contribution in [3.05, 3.63) is 70.8 Å². The molecule has 0 aromatic heterocycles. The number of rotatable bonds is 5. The lowest BCUT2D eigenvalue weighted by Gasteiger charge is -2.33. The molecule has 2 aromatic rings. The van der Waals surface area contributed by atoms with Crippen molar-refractivity contribution in [3.63, 3.8) is 0 Å². The lowest BCUT2D eigenvalue weighted by atomic mass is 10.0. The highest BCUT2D eigenvalue weighted by molar-refractivity contribution is 5.96. The number of nitrogens with one attached hydrogen (secondary N) is 1. The van der Waals surface area contributed by atoms with Crippen molar-refractivity contribution in [2.45, 2.75) is 44.8 Å². The van der Waals surface area contributed by atoms with Gasteiger partial charge in [0.2, 0.25) is 5.91 Å². The maximum atomic E-state index is 13.2. The Balaban J connectivity index is 1.49. The molecule has 30 heavy (non-hydrogen) atoms. The summed E-state index contributed by atoms with van der Waals surface area (Å²) in [5, 5.41) is 2.98. The number of hydrogen-bond acceptors (Lipinski definition) is 2. The average molecular weight is 418 g/mol. The number of nitrogens with zero attached hydrogens (tertiary/aromatic N) is 1. The summed E-state index contributed by atoms with van der Waals surface area (Å²) in [4.78, 5) is 26.3. The van der Waals surface area contributed by atoms with E-state index >= 15 is 0 Å². The molecule has 3 rings (SSSR count). The number of carbonyl (C=O) groups is 2. The molecule has 0 bridgehead atoms. The molecule has 4 nitrogen and oxygen atoms in total. The van der Waals surface area contributed by atoms with Gasteiger partial charge in [-0.05, 0) is 43.9 Å². The zero-order chi connectivity index (χ0) is 21.7. The molecule has 0 atom stereocenters. The van der Waals surface area contributed by atoms with Crippen LogP contribution in [-0.4, -0.2) is 35.8 Å². The molecule has 0 radical (unpaired) electrons. The highest BCUT2D eigenvalue weighted by Gasteiger charge is 2.36. The SMILES string of the molecule is Cc1ccc(CCC(=O)NC2CCN(C(=O)c3ccccc3C(F)(F)F)CC2)cc1. The lowest BCUT2D eigenvalue weighted by molar-refractivity contribution is -0.138. The van der Waals surface area contributed by atoms with Crippen LogP contribution in [0.15, 0.2) is 48.5 Å². The zero-order valence-electron chi connectivity index (χ0n) is 16.8. The second kappa shape index (κ2) is 9.32. The first kappa shape index (κ1) is 21.9. The van der Waals surface area contributed by atoms with E-state index in [1.807, 2.05) is 31.2 Å². The largest absolute Gasteiger partial charge is 0.417 e. The van der Waals surface area contributed by atoms with Gasteiger partial charge in [0.1, 0.15) is 0 Å². The molecule has 1 heterocycles. The van der Waals surface area contributed by atoms with Gasteiger partial charge in [0, 0.05) is 25.6 Å². The van der Waals surface area contributed by atoms with Gasteiger partial charge in [-0.25, -0.2) is 0 Å². The number of amides is 2. The van der Waals surface area contributed by atoms with Crippen LogP contribution in [0.3, 0.4) is 0 Å². The highest BCUT2D eigenvalue weighted by atomic mass is 19.4. The van der Waals surface area contributed by atoms with Crippen LogP contribution in [0, 0.1) is 6.92 Å². The van der Waals surface area contributed by atoms with Gasteiger partial charge in [0.05, 0.1) is 11.1 Å². The number of carbonyl (C=O) groups excluding carboxylic acids is 2. The van der Waals surface area contributed by atoms with Crippen LogP contribution in [0.4, 0.5) is 13.2 Å². The van der Waals surface area contributed by atoms with Gasteiger partial charge in [-0.3, -0.25) is 9.59 Å². The molecule has 2 amide bonds. The third-order valence-electron chi connectivity index (χ3n) is 5.37. The maximum absolute atomic E-state index is 13.2. The fraction of sp³-hybridized carbons (Fsp3) is 0.391. The number of piperidine rings is 1. The van der Waals surface area contributed by atoms with Gasteiger partial charge in [-0.15, -0.1) is 0 Å². The maximum Gasteiger partial charge on any atom is 0.417 e. The first-order chi connectivity index (χ1) is 14.2. The number of halogens is 3.